The first-order valence-corrected chi connectivity index (χ1v) is 8.63. The van der Waals surface area contributed by atoms with Gasteiger partial charge in [-0.3, -0.25) is 0 Å². The van der Waals surface area contributed by atoms with Crippen molar-refractivity contribution >= 4 is 17.8 Å². The minimum absolute atomic E-state index is 0.0916. The Morgan fingerprint density at radius 1 is 1.37 bits per heavy atom. The van der Waals surface area contributed by atoms with Gasteiger partial charge in [0, 0.05) is 25.4 Å². The second-order valence-electron chi connectivity index (χ2n) is 5.64. The Kier molecular flexibility index (Phi) is 6.31. The van der Waals surface area contributed by atoms with E-state index in [9.17, 15) is 4.79 Å². The molecule has 2 amide bonds. The lowest BCUT2D eigenvalue weighted by molar-refractivity contribution is 0.205. The van der Waals surface area contributed by atoms with Gasteiger partial charge in [-0.05, 0) is 57.5 Å². The van der Waals surface area contributed by atoms with Crippen molar-refractivity contribution in [3.05, 3.63) is 0 Å². The van der Waals surface area contributed by atoms with E-state index < -0.39 is 0 Å². The topological polar surface area (TPSA) is 35.6 Å². The van der Waals surface area contributed by atoms with E-state index in [1.807, 2.05) is 23.7 Å². The van der Waals surface area contributed by atoms with Gasteiger partial charge in [-0.2, -0.15) is 11.8 Å². The molecule has 0 saturated carbocycles. The molecule has 2 aliphatic heterocycles. The average Bonchev–Trinajstić information content (AvgIpc) is 3.08. The Morgan fingerprint density at radius 3 is 2.84 bits per heavy atom. The molecule has 2 aliphatic rings. The van der Waals surface area contributed by atoms with E-state index >= 15 is 0 Å². The third-order valence-electron chi connectivity index (χ3n) is 4.02. The monoisotopic (exact) mass is 285 g/mol. The quantitative estimate of drug-likeness (QED) is 0.811. The lowest BCUT2D eigenvalue weighted by atomic mass is 10.2. The summed E-state index contributed by atoms with van der Waals surface area (Å²) < 4.78 is 0. The molecule has 2 saturated heterocycles. The molecule has 5 heteroatoms. The second-order valence-corrected chi connectivity index (χ2v) is 7.05. The van der Waals surface area contributed by atoms with E-state index in [0.717, 1.165) is 26.1 Å². The summed E-state index contributed by atoms with van der Waals surface area (Å²) in [7, 11) is 1.90. The minimum Gasteiger partial charge on any atom is -0.337 e. The van der Waals surface area contributed by atoms with Crippen molar-refractivity contribution in [3.63, 3.8) is 0 Å². The fourth-order valence-electron chi connectivity index (χ4n) is 2.78. The molecule has 0 spiro atoms. The molecule has 0 aromatic carbocycles. The van der Waals surface area contributed by atoms with Crippen molar-refractivity contribution < 1.29 is 4.79 Å². The van der Waals surface area contributed by atoms with E-state index in [2.05, 4.69) is 10.2 Å². The highest BCUT2D eigenvalue weighted by atomic mass is 32.2. The summed E-state index contributed by atoms with van der Waals surface area (Å²) in [6.45, 7) is 5.32. The number of hydrogen-bond donors (Lipinski definition) is 1. The molecule has 0 bridgehead atoms. The van der Waals surface area contributed by atoms with Gasteiger partial charge in [0.25, 0.3) is 0 Å². The van der Waals surface area contributed by atoms with Gasteiger partial charge >= 0.3 is 6.03 Å². The molecule has 1 N–H and O–H groups in total. The van der Waals surface area contributed by atoms with E-state index in [1.165, 1.54) is 44.5 Å². The molecular formula is C14H27N3OS. The summed E-state index contributed by atoms with van der Waals surface area (Å²) in [5.74, 6) is 1.26. The molecule has 110 valence electrons. The average molecular weight is 285 g/mol. The molecular weight excluding hydrogens is 258 g/mol. The van der Waals surface area contributed by atoms with Crippen LogP contribution in [0, 0.1) is 0 Å². The van der Waals surface area contributed by atoms with Gasteiger partial charge < -0.3 is 15.1 Å². The van der Waals surface area contributed by atoms with Crippen molar-refractivity contribution in [1.29, 1.82) is 0 Å². The molecule has 2 rings (SSSR count). The molecule has 2 heterocycles. The fourth-order valence-corrected chi connectivity index (χ4v) is 3.98. The van der Waals surface area contributed by atoms with Crippen molar-refractivity contribution in [2.75, 3.05) is 45.5 Å². The summed E-state index contributed by atoms with van der Waals surface area (Å²) >= 11 is 1.99. The van der Waals surface area contributed by atoms with Crippen LogP contribution in [0.1, 0.15) is 32.1 Å². The molecule has 19 heavy (non-hydrogen) atoms. The Bertz CT molecular complexity index is 276. The lowest BCUT2D eigenvalue weighted by Gasteiger charge is -2.21. The van der Waals surface area contributed by atoms with Crippen LogP contribution in [0.15, 0.2) is 0 Å². The highest BCUT2D eigenvalue weighted by Crippen LogP contribution is 2.25. The fraction of sp³-hybridized carbons (Fsp3) is 0.929. The maximum absolute atomic E-state index is 11.9. The number of thioether (sulfide) groups is 1. The van der Waals surface area contributed by atoms with Crippen LogP contribution in [0.2, 0.25) is 0 Å². The van der Waals surface area contributed by atoms with Crippen LogP contribution >= 0.6 is 11.8 Å². The first-order chi connectivity index (χ1) is 9.25. The predicted molar refractivity (Wildman–Crippen MR) is 81.8 cm³/mol. The van der Waals surface area contributed by atoms with Crippen LogP contribution in [-0.2, 0) is 0 Å². The van der Waals surface area contributed by atoms with Crippen LogP contribution < -0.4 is 5.32 Å². The summed E-state index contributed by atoms with van der Waals surface area (Å²) in [5.41, 5.74) is 0. The molecule has 4 nitrogen and oxygen atoms in total. The Hall–Kier alpha value is -0.420. The third-order valence-corrected chi connectivity index (χ3v) is 5.42. The number of nitrogens with zero attached hydrogens (tertiary/aromatic N) is 2. The van der Waals surface area contributed by atoms with Gasteiger partial charge in [0.05, 0.1) is 0 Å². The molecule has 1 atom stereocenters. The zero-order chi connectivity index (χ0) is 13.5. The van der Waals surface area contributed by atoms with Crippen LogP contribution in [0.25, 0.3) is 0 Å². The normalized spacial score (nSPS) is 23.7. The zero-order valence-electron chi connectivity index (χ0n) is 12.1. The summed E-state index contributed by atoms with van der Waals surface area (Å²) in [6, 6.07) is 0.0916. The number of likely N-dealkylation sites (tertiary alicyclic amines) is 1. The summed E-state index contributed by atoms with van der Waals surface area (Å²) in [6.07, 6.45) is 6.33. The van der Waals surface area contributed by atoms with Gasteiger partial charge in [-0.25, -0.2) is 4.79 Å². The Morgan fingerprint density at radius 2 is 2.16 bits per heavy atom. The number of urea groups is 1. The lowest BCUT2D eigenvalue weighted by Crippen LogP contribution is -2.41. The molecule has 2 fully saturated rings. The van der Waals surface area contributed by atoms with Gasteiger partial charge in [-0.15, -0.1) is 0 Å². The van der Waals surface area contributed by atoms with Crippen molar-refractivity contribution in [1.82, 2.24) is 15.1 Å². The van der Waals surface area contributed by atoms with Crippen molar-refractivity contribution in [2.24, 2.45) is 0 Å². The predicted octanol–water partition coefficient (Wildman–Crippen LogP) is 2.01. The number of carbonyl (C=O) groups excluding carboxylic acids is 1. The molecule has 0 aromatic rings. The van der Waals surface area contributed by atoms with Crippen LogP contribution in [-0.4, -0.2) is 66.6 Å². The van der Waals surface area contributed by atoms with E-state index in [0.29, 0.717) is 5.25 Å². The second kappa shape index (κ2) is 8.00. The molecule has 0 aromatic heterocycles. The van der Waals surface area contributed by atoms with Gasteiger partial charge in [0.15, 0.2) is 0 Å². The largest absolute Gasteiger partial charge is 0.337 e. The first kappa shape index (κ1) is 15.0. The minimum atomic E-state index is 0.0916. The van der Waals surface area contributed by atoms with Gasteiger partial charge in [0.2, 0.25) is 0 Å². The SMILES string of the molecule is CN(CCCN1CCCC1)C(=O)NC[C@H]1CCCS1. The Balaban J connectivity index is 1.53. The van der Waals surface area contributed by atoms with Crippen LogP contribution in [0.3, 0.4) is 0 Å². The highest BCUT2D eigenvalue weighted by Gasteiger charge is 2.17. The first-order valence-electron chi connectivity index (χ1n) is 7.58. The summed E-state index contributed by atoms with van der Waals surface area (Å²) in [4.78, 5) is 16.2. The van der Waals surface area contributed by atoms with Crippen molar-refractivity contribution in [2.45, 2.75) is 37.4 Å². The molecule has 0 radical (unpaired) electrons. The number of amides is 2. The van der Waals surface area contributed by atoms with Gasteiger partial charge in [-0.1, -0.05) is 0 Å². The highest BCUT2D eigenvalue weighted by molar-refractivity contribution is 8.00. The number of carbonyl (C=O) groups is 1. The Labute approximate surface area is 121 Å². The van der Waals surface area contributed by atoms with E-state index in [4.69, 9.17) is 0 Å². The number of nitrogens with one attached hydrogen (secondary N) is 1. The van der Waals surface area contributed by atoms with E-state index in [-0.39, 0.29) is 6.03 Å². The van der Waals surface area contributed by atoms with Crippen LogP contribution in [0.4, 0.5) is 4.79 Å². The smallest absolute Gasteiger partial charge is 0.317 e. The van der Waals surface area contributed by atoms with E-state index in [1.54, 1.807) is 0 Å². The van der Waals surface area contributed by atoms with Crippen molar-refractivity contribution in [3.8, 4) is 0 Å². The maximum Gasteiger partial charge on any atom is 0.317 e. The summed E-state index contributed by atoms with van der Waals surface area (Å²) in [5, 5.41) is 3.70. The third kappa shape index (κ3) is 5.22. The van der Waals surface area contributed by atoms with Gasteiger partial charge in [0.1, 0.15) is 0 Å². The zero-order valence-corrected chi connectivity index (χ0v) is 12.9. The van der Waals surface area contributed by atoms with Crippen LogP contribution in [0.5, 0.6) is 0 Å². The standard InChI is InChI=1S/C14H27N3OS/c1-16(7-5-10-17-8-2-3-9-17)14(18)15-12-13-6-4-11-19-13/h13H,2-12H2,1H3,(H,15,18)/t13-/m1/s1. The maximum atomic E-state index is 11.9. The molecule has 0 aliphatic carbocycles. The number of rotatable bonds is 6. The number of hydrogen-bond acceptors (Lipinski definition) is 3. The molecule has 0 unspecified atom stereocenters.